The molecule has 106 valence electrons. The first-order valence-corrected chi connectivity index (χ1v) is 5.78. The van der Waals surface area contributed by atoms with Crippen molar-refractivity contribution in [2.45, 2.75) is 12.7 Å². The summed E-state index contributed by atoms with van der Waals surface area (Å²) in [4.78, 5) is 0. The number of halogens is 3. The van der Waals surface area contributed by atoms with E-state index in [0.717, 1.165) is 12.1 Å². The third-order valence-corrected chi connectivity index (χ3v) is 2.75. The van der Waals surface area contributed by atoms with Crippen molar-refractivity contribution in [3.63, 3.8) is 0 Å². The van der Waals surface area contributed by atoms with Crippen LogP contribution in [-0.2, 0) is 12.7 Å². The van der Waals surface area contributed by atoms with Crippen molar-refractivity contribution in [1.82, 2.24) is 0 Å². The SMILES string of the molecule is Oc1ccc(CNc2ccc(C(F)(F)F)cc2)cc1O. The van der Waals surface area contributed by atoms with Crippen LogP contribution in [0, 0.1) is 0 Å². The number of hydrogen-bond acceptors (Lipinski definition) is 3. The van der Waals surface area contributed by atoms with Crippen molar-refractivity contribution in [3.05, 3.63) is 53.6 Å². The van der Waals surface area contributed by atoms with Gasteiger partial charge in [0.2, 0.25) is 0 Å². The van der Waals surface area contributed by atoms with E-state index in [4.69, 9.17) is 5.11 Å². The second kappa shape index (κ2) is 5.32. The minimum absolute atomic E-state index is 0.219. The van der Waals surface area contributed by atoms with Gasteiger partial charge in [-0.05, 0) is 42.0 Å². The fourth-order valence-corrected chi connectivity index (χ4v) is 1.66. The van der Waals surface area contributed by atoms with E-state index in [1.807, 2.05) is 0 Å². The number of alkyl halides is 3. The van der Waals surface area contributed by atoms with Gasteiger partial charge in [0.25, 0.3) is 0 Å². The molecular formula is C14H12F3NO2. The zero-order valence-corrected chi connectivity index (χ0v) is 10.3. The fraction of sp³-hybridized carbons (Fsp3) is 0.143. The molecule has 0 amide bonds. The second-order valence-corrected chi connectivity index (χ2v) is 4.25. The van der Waals surface area contributed by atoms with Crippen molar-refractivity contribution in [3.8, 4) is 11.5 Å². The first kappa shape index (κ1) is 14.0. The van der Waals surface area contributed by atoms with Crippen molar-refractivity contribution in [2.75, 3.05) is 5.32 Å². The van der Waals surface area contributed by atoms with Crippen molar-refractivity contribution in [1.29, 1.82) is 0 Å². The number of anilines is 1. The molecule has 0 radical (unpaired) electrons. The predicted molar refractivity (Wildman–Crippen MR) is 68.5 cm³/mol. The van der Waals surface area contributed by atoms with E-state index in [-0.39, 0.29) is 11.5 Å². The highest BCUT2D eigenvalue weighted by atomic mass is 19.4. The number of hydrogen-bond donors (Lipinski definition) is 3. The van der Waals surface area contributed by atoms with Crippen LogP contribution in [0.5, 0.6) is 11.5 Å². The number of nitrogens with one attached hydrogen (secondary N) is 1. The van der Waals surface area contributed by atoms with Crippen LogP contribution in [0.25, 0.3) is 0 Å². The third-order valence-electron chi connectivity index (χ3n) is 2.75. The quantitative estimate of drug-likeness (QED) is 0.752. The van der Waals surface area contributed by atoms with Gasteiger partial charge in [-0.25, -0.2) is 0 Å². The summed E-state index contributed by atoms with van der Waals surface area (Å²) in [5, 5.41) is 21.4. The molecule has 3 N–H and O–H groups in total. The normalized spacial score (nSPS) is 11.3. The Kier molecular flexibility index (Phi) is 3.74. The zero-order chi connectivity index (χ0) is 14.8. The summed E-state index contributed by atoms with van der Waals surface area (Å²) in [6.45, 7) is 0.319. The molecule has 0 fully saturated rings. The highest BCUT2D eigenvalue weighted by Gasteiger charge is 2.29. The lowest BCUT2D eigenvalue weighted by atomic mass is 10.1. The smallest absolute Gasteiger partial charge is 0.416 e. The Morgan fingerprint density at radius 3 is 2.10 bits per heavy atom. The van der Waals surface area contributed by atoms with Gasteiger partial charge in [-0.1, -0.05) is 6.07 Å². The van der Waals surface area contributed by atoms with Crippen molar-refractivity contribution >= 4 is 5.69 Å². The third kappa shape index (κ3) is 3.34. The summed E-state index contributed by atoms with van der Waals surface area (Å²) in [7, 11) is 0. The standard InChI is InChI=1S/C14H12F3NO2/c15-14(16,17)10-2-4-11(5-3-10)18-8-9-1-6-12(19)13(20)7-9/h1-7,18-20H,8H2. The summed E-state index contributed by atoms with van der Waals surface area (Å²) in [5.74, 6) is -0.458. The fourth-order valence-electron chi connectivity index (χ4n) is 1.66. The molecule has 0 spiro atoms. The van der Waals surface area contributed by atoms with Crippen LogP contribution in [0.4, 0.5) is 18.9 Å². The van der Waals surface area contributed by atoms with Gasteiger partial charge < -0.3 is 15.5 Å². The van der Waals surface area contributed by atoms with Crippen LogP contribution in [0.15, 0.2) is 42.5 Å². The van der Waals surface area contributed by atoms with E-state index in [1.54, 1.807) is 6.07 Å². The number of benzene rings is 2. The van der Waals surface area contributed by atoms with Gasteiger partial charge >= 0.3 is 6.18 Å². The molecule has 3 nitrogen and oxygen atoms in total. The number of aromatic hydroxyl groups is 2. The molecule has 0 aromatic heterocycles. The minimum atomic E-state index is -4.35. The average molecular weight is 283 g/mol. The molecule has 2 aromatic rings. The van der Waals surface area contributed by atoms with Gasteiger partial charge in [0.05, 0.1) is 5.56 Å². The van der Waals surface area contributed by atoms with E-state index in [0.29, 0.717) is 17.8 Å². The summed E-state index contributed by atoms with van der Waals surface area (Å²) in [6.07, 6.45) is -4.35. The molecule has 0 aliphatic carbocycles. The molecule has 0 aliphatic rings. The zero-order valence-electron chi connectivity index (χ0n) is 10.3. The van der Waals surface area contributed by atoms with Crippen LogP contribution in [0.3, 0.4) is 0 Å². The Balaban J connectivity index is 2.02. The Hall–Kier alpha value is -2.37. The van der Waals surface area contributed by atoms with Gasteiger partial charge in [0, 0.05) is 12.2 Å². The van der Waals surface area contributed by atoms with E-state index in [1.165, 1.54) is 24.3 Å². The van der Waals surface area contributed by atoms with Crippen LogP contribution >= 0.6 is 0 Å². The molecule has 2 aromatic carbocycles. The maximum absolute atomic E-state index is 12.4. The molecule has 20 heavy (non-hydrogen) atoms. The van der Waals surface area contributed by atoms with E-state index in [2.05, 4.69) is 5.32 Å². The highest BCUT2D eigenvalue weighted by Crippen LogP contribution is 2.30. The van der Waals surface area contributed by atoms with Gasteiger partial charge in [-0.15, -0.1) is 0 Å². The molecule has 0 aliphatic heterocycles. The lowest BCUT2D eigenvalue weighted by Gasteiger charge is -2.10. The Morgan fingerprint density at radius 2 is 1.55 bits per heavy atom. The largest absolute Gasteiger partial charge is 0.504 e. The number of phenolic OH excluding ortho intramolecular Hbond substituents is 2. The summed E-state index contributed by atoms with van der Waals surface area (Å²) >= 11 is 0. The lowest BCUT2D eigenvalue weighted by Crippen LogP contribution is -2.05. The second-order valence-electron chi connectivity index (χ2n) is 4.25. The predicted octanol–water partition coefficient (Wildman–Crippen LogP) is 3.73. The van der Waals surface area contributed by atoms with Crippen molar-refractivity contribution < 1.29 is 23.4 Å². The van der Waals surface area contributed by atoms with Gasteiger partial charge in [-0.2, -0.15) is 13.2 Å². The number of rotatable bonds is 3. The van der Waals surface area contributed by atoms with Crippen LogP contribution in [-0.4, -0.2) is 10.2 Å². The molecule has 2 rings (SSSR count). The van der Waals surface area contributed by atoms with E-state index >= 15 is 0 Å². The molecule has 6 heteroatoms. The van der Waals surface area contributed by atoms with E-state index in [9.17, 15) is 18.3 Å². The van der Waals surface area contributed by atoms with Gasteiger partial charge in [-0.3, -0.25) is 0 Å². The molecule has 0 unspecified atom stereocenters. The molecule has 0 saturated carbocycles. The molecule has 0 saturated heterocycles. The molecule has 0 heterocycles. The topological polar surface area (TPSA) is 52.5 Å². The first-order valence-electron chi connectivity index (χ1n) is 5.78. The Morgan fingerprint density at radius 1 is 0.900 bits per heavy atom. The minimum Gasteiger partial charge on any atom is -0.504 e. The van der Waals surface area contributed by atoms with Crippen LogP contribution < -0.4 is 5.32 Å². The van der Waals surface area contributed by atoms with Crippen LogP contribution in [0.2, 0.25) is 0 Å². The van der Waals surface area contributed by atoms with Crippen LogP contribution in [0.1, 0.15) is 11.1 Å². The molecular weight excluding hydrogens is 271 g/mol. The van der Waals surface area contributed by atoms with Gasteiger partial charge in [0.1, 0.15) is 0 Å². The van der Waals surface area contributed by atoms with Crippen molar-refractivity contribution in [2.24, 2.45) is 0 Å². The Bertz CT molecular complexity index is 594. The maximum Gasteiger partial charge on any atom is 0.416 e. The molecule has 0 atom stereocenters. The number of phenols is 2. The molecule has 0 bridgehead atoms. The highest BCUT2D eigenvalue weighted by molar-refractivity contribution is 5.47. The lowest BCUT2D eigenvalue weighted by molar-refractivity contribution is -0.137. The summed E-state index contributed by atoms with van der Waals surface area (Å²) < 4.78 is 37.1. The first-order chi connectivity index (χ1) is 9.36. The maximum atomic E-state index is 12.4. The Labute approximate surface area is 113 Å². The summed E-state index contributed by atoms with van der Waals surface area (Å²) in [5.41, 5.74) is 0.524. The average Bonchev–Trinajstić information content (AvgIpc) is 2.40. The summed E-state index contributed by atoms with van der Waals surface area (Å²) in [6, 6.07) is 9.00. The van der Waals surface area contributed by atoms with E-state index < -0.39 is 11.7 Å². The monoisotopic (exact) mass is 283 g/mol. The van der Waals surface area contributed by atoms with Gasteiger partial charge in [0.15, 0.2) is 11.5 Å².